The van der Waals surface area contributed by atoms with Crippen LogP contribution in [-0.4, -0.2) is 17.2 Å². The van der Waals surface area contributed by atoms with Crippen LogP contribution in [0.3, 0.4) is 0 Å². The van der Waals surface area contributed by atoms with Gasteiger partial charge in [-0.3, -0.25) is 0 Å². The number of hydrogen-bond donors (Lipinski definition) is 1. The summed E-state index contributed by atoms with van der Waals surface area (Å²) in [5, 5.41) is 6.75. The normalized spacial score (nSPS) is 10.0. The zero-order valence-corrected chi connectivity index (χ0v) is 8.31. The minimum absolute atomic E-state index is 0. The molecule has 4 nitrogen and oxygen atoms in total. The average molecular weight is 192 g/mol. The zero-order chi connectivity index (χ0) is 8.27. The first-order chi connectivity index (χ1) is 5.24. The summed E-state index contributed by atoms with van der Waals surface area (Å²) in [7, 11) is 1.85. The van der Waals surface area contributed by atoms with E-state index in [4.69, 9.17) is 4.52 Å². The van der Waals surface area contributed by atoms with Crippen molar-refractivity contribution in [3.63, 3.8) is 0 Å². The third-order valence-electron chi connectivity index (χ3n) is 1.33. The molecule has 12 heavy (non-hydrogen) atoms. The third-order valence-corrected chi connectivity index (χ3v) is 1.33. The summed E-state index contributed by atoms with van der Waals surface area (Å²) in [6, 6.07) is 0. The molecule has 0 fully saturated rings. The third kappa shape index (κ3) is 2.79. The molecule has 0 aromatic carbocycles. The average Bonchev–Trinajstić information content (AvgIpc) is 2.37. The van der Waals surface area contributed by atoms with Crippen LogP contribution in [0, 0.1) is 0 Å². The van der Waals surface area contributed by atoms with Gasteiger partial charge in [0, 0.05) is 5.92 Å². The van der Waals surface area contributed by atoms with Gasteiger partial charge in [-0.05, 0) is 7.05 Å². The molecule has 0 aliphatic rings. The second-order valence-corrected chi connectivity index (χ2v) is 2.73. The molecule has 0 spiro atoms. The number of nitrogens with zero attached hydrogens (tertiary/aromatic N) is 2. The van der Waals surface area contributed by atoms with Crippen LogP contribution in [0.1, 0.15) is 31.5 Å². The van der Waals surface area contributed by atoms with Gasteiger partial charge in [-0.15, -0.1) is 12.4 Å². The van der Waals surface area contributed by atoms with Crippen LogP contribution in [0.2, 0.25) is 0 Å². The molecule has 0 bridgehead atoms. The van der Waals surface area contributed by atoms with Crippen LogP contribution in [0.15, 0.2) is 4.52 Å². The summed E-state index contributed by atoms with van der Waals surface area (Å²) in [5.74, 6) is 1.76. The van der Waals surface area contributed by atoms with Gasteiger partial charge in [-0.2, -0.15) is 4.98 Å². The maximum Gasteiger partial charge on any atom is 0.240 e. The Balaban J connectivity index is 0.00000121. The minimum Gasteiger partial charge on any atom is -0.338 e. The van der Waals surface area contributed by atoms with Gasteiger partial charge in [0.2, 0.25) is 5.89 Å². The summed E-state index contributed by atoms with van der Waals surface area (Å²) in [5.41, 5.74) is 0. The Kier molecular flexibility index (Phi) is 4.85. The van der Waals surface area contributed by atoms with E-state index in [0.717, 1.165) is 5.82 Å². The molecule has 1 heterocycles. The molecule has 0 aliphatic heterocycles. The number of halogens is 1. The van der Waals surface area contributed by atoms with Crippen LogP contribution >= 0.6 is 12.4 Å². The van der Waals surface area contributed by atoms with Crippen molar-refractivity contribution in [3.05, 3.63) is 11.7 Å². The van der Waals surface area contributed by atoms with Crippen molar-refractivity contribution in [2.75, 3.05) is 7.05 Å². The highest BCUT2D eigenvalue weighted by molar-refractivity contribution is 5.85. The molecular weight excluding hydrogens is 178 g/mol. The van der Waals surface area contributed by atoms with Crippen LogP contribution < -0.4 is 5.32 Å². The fourth-order valence-corrected chi connectivity index (χ4v) is 0.726. The summed E-state index contributed by atoms with van der Waals surface area (Å²) in [6.45, 7) is 4.71. The Morgan fingerprint density at radius 3 is 2.58 bits per heavy atom. The standard InChI is InChI=1S/C7H13N3O.ClH/c1-5(2)7-9-6(4-8-3)11-10-7;/h5,8H,4H2,1-3H3;1H. The maximum atomic E-state index is 4.94. The highest BCUT2D eigenvalue weighted by Gasteiger charge is 2.07. The zero-order valence-electron chi connectivity index (χ0n) is 7.50. The highest BCUT2D eigenvalue weighted by Crippen LogP contribution is 2.08. The molecule has 0 atom stereocenters. The van der Waals surface area contributed by atoms with Gasteiger partial charge in [0.15, 0.2) is 5.82 Å². The maximum absolute atomic E-state index is 4.94. The number of nitrogens with one attached hydrogen (secondary N) is 1. The first kappa shape index (κ1) is 11.4. The van der Waals surface area contributed by atoms with Crippen molar-refractivity contribution in [3.8, 4) is 0 Å². The monoisotopic (exact) mass is 191 g/mol. The van der Waals surface area contributed by atoms with Gasteiger partial charge in [0.1, 0.15) is 0 Å². The lowest BCUT2D eigenvalue weighted by Crippen LogP contribution is -2.05. The van der Waals surface area contributed by atoms with Crippen molar-refractivity contribution in [2.24, 2.45) is 0 Å². The van der Waals surface area contributed by atoms with Crippen LogP contribution in [0.5, 0.6) is 0 Å². The van der Waals surface area contributed by atoms with Gasteiger partial charge in [-0.25, -0.2) is 0 Å². The molecule has 0 aliphatic carbocycles. The Morgan fingerprint density at radius 2 is 2.17 bits per heavy atom. The van der Waals surface area contributed by atoms with E-state index in [1.54, 1.807) is 0 Å². The Morgan fingerprint density at radius 1 is 1.50 bits per heavy atom. The van der Waals surface area contributed by atoms with E-state index in [1.807, 2.05) is 20.9 Å². The van der Waals surface area contributed by atoms with E-state index < -0.39 is 0 Å². The predicted octanol–water partition coefficient (Wildman–Crippen LogP) is 1.33. The van der Waals surface area contributed by atoms with Crippen molar-refractivity contribution in [1.82, 2.24) is 15.5 Å². The predicted molar refractivity (Wildman–Crippen MR) is 48.4 cm³/mol. The summed E-state index contributed by atoms with van der Waals surface area (Å²) >= 11 is 0. The molecule has 0 saturated carbocycles. The van der Waals surface area contributed by atoms with E-state index in [9.17, 15) is 0 Å². The summed E-state index contributed by atoms with van der Waals surface area (Å²) in [4.78, 5) is 4.16. The van der Waals surface area contributed by atoms with E-state index in [0.29, 0.717) is 18.4 Å². The number of aromatic nitrogens is 2. The molecule has 1 aromatic rings. The topological polar surface area (TPSA) is 51.0 Å². The Bertz CT molecular complexity index is 224. The lowest BCUT2D eigenvalue weighted by Gasteiger charge is -1.92. The molecule has 0 saturated heterocycles. The fourth-order valence-electron chi connectivity index (χ4n) is 0.726. The molecular formula is C7H14ClN3O. The van der Waals surface area contributed by atoms with Crippen LogP contribution in [0.25, 0.3) is 0 Å². The van der Waals surface area contributed by atoms with Crippen LogP contribution in [0.4, 0.5) is 0 Å². The molecule has 70 valence electrons. The van der Waals surface area contributed by atoms with Crippen LogP contribution in [-0.2, 0) is 6.54 Å². The van der Waals surface area contributed by atoms with Crippen molar-refractivity contribution >= 4 is 12.4 Å². The fraction of sp³-hybridized carbons (Fsp3) is 0.714. The number of rotatable bonds is 3. The number of hydrogen-bond acceptors (Lipinski definition) is 4. The Hall–Kier alpha value is -0.610. The van der Waals surface area contributed by atoms with E-state index >= 15 is 0 Å². The Labute approximate surface area is 78.1 Å². The van der Waals surface area contributed by atoms with Gasteiger partial charge in [-0.1, -0.05) is 19.0 Å². The smallest absolute Gasteiger partial charge is 0.240 e. The minimum atomic E-state index is 0. The van der Waals surface area contributed by atoms with Crippen molar-refractivity contribution in [1.29, 1.82) is 0 Å². The molecule has 0 radical (unpaired) electrons. The molecule has 0 amide bonds. The first-order valence-corrected chi connectivity index (χ1v) is 3.71. The quantitative estimate of drug-likeness (QED) is 0.784. The lowest BCUT2D eigenvalue weighted by molar-refractivity contribution is 0.365. The van der Waals surface area contributed by atoms with E-state index in [1.165, 1.54) is 0 Å². The van der Waals surface area contributed by atoms with Gasteiger partial charge in [0.05, 0.1) is 6.54 Å². The molecule has 1 rings (SSSR count). The molecule has 0 unspecified atom stereocenters. The van der Waals surface area contributed by atoms with Gasteiger partial charge >= 0.3 is 0 Å². The van der Waals surface area contributed by atoms with E-state index in [-0.39, 0.29) is 12.4 Å². The van der Waals surface area contributed by atoms with Gasteiger partial charge in [0.25, 0.3) is 0 Å². The van der Waals surface area contributed by atoms with Crippen molar-refractivity contribution in [2.45, 2.75) is 26.3 Å². The summed E-state index contributed by atoms with van der Waals surface area (Å²) < 4.78 is 4.94. The SMILES string of the molecule is CNCc1nc(C(C)C)no1.Cl. The first-order valence-electron chi connectivity index (χ1n) is 3.71. The van der Waals surface area contributed by atoms with Crippen molar-refractivity contribution < 1.29 is 4.52 Å². The largest absolute Gasteiger partial charge is 0.338 e. The lowest BCUT2D eigenvalue weighted by atomic mass is 10.2. The molecule has 5 heteroatoms. The second kappa shape index (κ2) is 5.11. The second-order valence-electron chi connectivity index (χ2n) is 2.73. The highest BCUT2D eigenvalue weighted by atomic mass is 35.5. The molecule has 1 aromatic heterocycles. The van der Waals surface area contributed by atoms with Gasteiger partial charge < -0.3 is 9.84 Å². The summed E-state index contributed by atoms with van der Waals surface area (Å²) in [6.07, 6.45) is 0. The van der Waals surface area contributed by atoms with E-state index in [2.05, 4.69) is 15.5 Å². The molecule has 1 N–H and O–H groups in total.